The van der Waals surface area contributed by atoms with E-state index in [9.17, 15) is 9.59 Å². The Labute approximate surface area is 223 Å². The van der Waals surface area contributed by atoms with Crippen LogP contribution in [-0.2, 0) is 16.0 Å². The van der Waals surface area contributed by atoms with Crippen molar-refractivity contribution in [3.05, 3.63) is 60.2 Å². The number of aromatic nitrogens is 1. The predicted molar refractivity (Wildman–Crippen MR) is 147 cm³/mol. The minimum Gasteiger partial charge on any atom is -0.478 e. The molecular formula is C30H34N4O4. The van der Waals surface area contributed by atoms with Crippen LogP contribution >= 0.6 is 0 Å². The molecule has 1 saturated carbocycles. The van der Waals surface area contributed by atoms with Gasteiger partial charge in [0.15, 0.2) is 5.82 Å². The van der Waals surface area contributed by atoms with Crippen LogP contribution in [0.2, 0.25) is 0 Å². The Balaban J connectivity index is 0.961. The van der Waals surface area contributed by atoms with Crippen LogP contribution in [0.5, 0.6) is 5.88 Å². The van der Waals surface area contributed by atoms with E-state index in [2.05, 4.69) is 57.2 Å². The molecule has 0 atom stereocenters. The Kier molecular flexibility index (Phi) is 7.14. The van der Waals surface area contributed by atoms with E-state index in [-0.39, 0.29) is 18.4 Å². The number of carbonyl (C=O) groups excluding carboxylic acids is 2. The standard InChI is InChI=1S/C30H34N4O4/c35-28-15-11-23-10-14-27(31-29(23)34(28)30(36)38-24-12-13-24)37-21-4-3-16-32-17-19-33(20-18-32)26-9-5-7-22-6-1-2-8-25(22)26/h1-2,5-10,14,24H,3-4,11-13,15-21H2. The fourth-order valence-corrected chi connectivity index (χ4v) is 5.28. The molecule has 0 bridgehead atoms. The number of unbranched alkanes of at least 4 members (excludes halogenated alkanes) is 1. The van der Waals surface area contributed by atoms with E-state index in [1.165, 1.54) is 16.5 Å². The lowest BCUT2D eigenvalue weighted by Crippen LogP contribution is -2.46. The number of carbonyl (C=O) groups is 2. The van der Waals surface area contributed by atoms with Gasteiger partial charge in [0.25, 0.3) is 0 Å². The Morgan fingerprint density at radius 2 is 1.74 bits per heavy atom. The molecule has 8 heteroatoms. The van der Waals surface area contributed by atoms with E-state index in [0.29, 0.717) is 24.7 Å². The topological polar surface area (TPSA) is 75.2 Å². The van der Waals surface area contributed by atoms with Gasteiger partial charge in [-0.25, -0.2) is 4.79 Å². The lowest BCUT2D eigenvalue weighted by atomic mass is 10.1. The van der Waals surface area contributed by atoms with Gasteiger partial charge in [-0.1, -0.05) is 36.4 Å². The third kappa shape index (κ3) is 5.45. The maximum absolute atomic E-state index is 12.5. The summed E-state index contributed by atoms with van der Waals surface area (Å²) in [5.74, 6) is 0.521. The zero-order valence-electron chi connectivity index (χ0n) is 21.7. The average molecular weight is 515 g/mol. The number of aryl methyl sites for hydroxylation is 1. The van der Waals surface area contributed by atoms with Crippen molar-refractivity contribution in [3.8, 4) is 5.88 Å². The van der Waals surface area contributed by atoms with E-state index < -0.39 is 6.09 Å². The van der Waals surface area contributed by atoms with Crippen molar-refractivity contribution in [2.45, 2.75) is 44.6 Å². The molecule has 3 heterocycles. The number of anilines is 2. The smallest absolute Gasteiger partial charge is 0.422 e. The summed E-state index contributed by atoms with van der Waals surface area (Å²) in [4.78, 5) is 35.6. The minimum atomic E-state index is -0.622. The van der Waals surface area contributed by atoms with Gasteiger partial charge in [0.2, 0.25) is 11.8 Å². The molecule has 8 nitrogen and oxygen atoms in total. The zero-order chi connectivity index (χ0) is 25.9. The monoisotopic (exact) mass is 514 g/mol. The molecule has 0 N–H and O–H groups in total. The van der Waals surface area contributed by atoms with E-state index in [1.807, 2.05) is 12.1 Å². The van der Waals surface area contributed by atoms with Gasteiger partial charge in [-0.15, -0.1) is 0 Å². The van der Waals surface area contributed by atoms with Crippen LogP contribution in [0.15, 0.2) is 54.6 Å². The van der Waals surface area contributed by atoms with E-state index >= 15 is 0 Å². The van der Waals surface area contributed by atoms with Crippen LogP contribution in [0, 0.1) is 0 Å². The maximum Gasteiger partial charge on any atom is 0.422 e. The van der Waals surface area contributed by atoms with Gasteiger partial charge in [-0.05, 0) is 61.7 Å². The van der Waals surface area contributed by atoms with Crippen molar-refractivity contribution in [3.63, 3.8) is 0 Å². The number of piperazine rings is 1. The Morgan fingerprint density at radius 3 is 2.58 bits per heavy atom. The summed E-state index contributed by atoms with van der Waals surface area (Å²) in [5, 5.41) is 2.61. The second kappa shape index (κ2) is 11.0. The van der Waals surface area contributed by atoms with Crippen molar-refractivity contribution >= 4 is 34.3 Å². The molecule has 2 fully saturated rings. The summed E-state index contributed by atoms with van der Waals surface area (Å²) in [6.45, 7) is 5.75. The molecule has 2 aliphatic heterocycles. The van der Waals surface area contributed by atoms with Crippen molar-refractivity contribution in [1.29, 1.82) is 0 Å². The number of benzene rings is 2. The second-order valence-corrected chi connectivity index (χ2v) is 10.3. The number of ether oxygens (including phenoxy) is 2. The molecule has 0 spiro atoms. The zero-order valence-corrected chi connectivity index (χ0v) is 21.7. The second-order valence-electron chi connectivity index (χ2n) is 10.3. The van der Waals surface area contributed by atoms with Crippen LogP contribution in [0.3, 0.4) is 0 Å². The quantitative estimate of drug-likeness (QED) is 0.400. The van der Waals surface area contributed by atoms with Gasteiger partial charge >= 0.3 is 6.09 Å². The first-order valence-corrected chi connectivity index (χ1v) is 13.8. The van der Waals surface area contributed by atoms with E-state index in [0.717, 1.165) is 68.9 Å². The van der Waals surface area contributed by atoms with Gasteiger partial charge in [0, 0.05) is 49.7 Å². The van der Waals surface area contributed by atoms with Crippen LogP contribution in [-0.4, -0.2) is 67.3 Å². The Bertz CT molecular complexity index is 1310. The highest BCUT2D eigenvalue weighted by atomic mass is 16.6. The largest absolute Gasteiger partial charge is 0.478 e. The fraction of sp³-hybridized carbons (Fsp3) is 0.433. The number of imide groups is 1. The summed E-state index contributed by atoms with van der Waals surface area (Å²) in [6.07, 6.45) is 3.83. The molecule has 6 rings (SSSR count). The fourth-order valence-electron chi connectivity index (χ4n) is 5.28. The summed E-state index contributed by atoms with van der Waals surface area (Å²) in [6, 6.07) is 18.9. The van der Waals surface area contributed by atoms with Crippen LogP contribution in [0.25, 0.3) is 10.8 Å². The van der Waals surface area contributed by atoms with Crippen molar-refractivity contribution in [2.75, 3.05) is 49.1 Å². The molecular weight excluding hydrogens is 480 g/mol. The van der Waals surface area contributed by atoms with E-state index in [4.69, 9.17) is 9.47 Å². The van der Waals surface area contributed by atoms with Crippen LogP contribution in [0.1, 0.15) is 37.7 Å². The van der Waals surface area contributed by atoms with Crippen molar-refractivity contribution in [1.82, 2.24) is 9.88 Å². The number of nitrogens with zero attached hydrogens (tertiary/aromatic N) is 4. The Morgan fingerprint density at radius 1 is 0.921 bits per heavy atom. The Hall–Kier alpha value is -3.65. The third-order valence-corrected chi connectivity index (χ3v) is 7.57. The van der Waals surface area contributed by atoms with Gasteiger partial charge < -0.3 is 14.4 Å². The number of pyridine rings is 1. The summed E-state index contributed by atoms with van der Waals surface area (Å²) >= 11 is 0. The molecule has 3 aromatic rings. The number of rotatable bonds is 8. The average Bonchev–Trinajstić information content (AvgIpc) is 3.76. The number of hydrogen-bond acceptors (Lipinski definition) is 7. The first kappa shape index (κ1) is 24.7. The van der Waals surface area contributed by atoms with Crippen molar-refractivity contribution < 1.29 is 19.1 Å². The highest BCUT2D eigenvalue weighted by Gasteiger charge is 2.36. The number of hydrogen-bond donors (Lipinski definition) is 0. The molecule has 2 aromatic carbocycles. The third-order valence-electron chi connectivity index (χ3n) is 7.57. The predicted octanol–water partition coefficient (Wildman–Crippen LogP) is 4.79. The highest BCUT2D eigenvalue weighted by Crippen LogP contribution is 2.31. The minimum absolute atomic E-state index is 0.0682. The molecule has 3 aliphatic rings. The summed E-state index contributed by atoms with van der Waals surface area (Å²) in [5.41, 5.74) is 2.20. The van der Waals surface area contributed by atoms with Gasteiger partial charge in [0.1, 0.15) is 6.10 Å². The number of fused-ring (bicyclic) bond motifs is 2. The number of amides is 2. The summed E-state index contributed by atoms with van der Waals surface area (Å²) in [7, 11) is 0. The summed E-state index contributed by atoms with van der Waals surface area (Å²) < 4.78 is 11.3. The maximum atomic E-state index is 12.5. The van der Waals surface area contributed by atoms with Gasteiger partial charge in [0.05, 0.1) is 6.61 Å². The lowest BCUT2D eigenvalue weighted by molar-refractivity contribution is -0.118. The molecule has 38 heavy (non-hydrogen) atoms. The first-order chi connectivity index (χ1) is 18.7. The first-order valence-electron chi connectivity index (χ1n) is 13.8. The van der Waals surface area contributed by atoms with Crippen molar-refractivity contribution in [2.24, 2.45) is 0 Å². The molecule has 1 aromatic heterocycles. The molecule has 198 valence electrons. The van der Waals surface area contributed by atoms with Gasteiger partial charge in [-0.3, -0.25) is 9.69 Å². The van der Waals surface area contributed by atoms with E-state index in [1.54, 1.807) is 0 Å². The molecule has 0 radical (unpaired) electrons. The van der Waals surface area contributed by atoms with Gasteiger partial charge in [-0.2, -0.15) is 9.88 Å². The molecule has 1 aliphatic carbocycles. The normalized spacial score (nSPS) is 17.9. The SMILES string of the molecule is O=C1CCc2ccc(OCCCCN3CCN(c4cccc5ccccc45)CC3)nc2N1C(=O)OC1CC1. The molecule has 0 unspecified atom stereocenters. The molecule has 1 saturated heterocycles. The lowest BCUT2D eigenvalue weighted by Gasteiger charge is -2.36. The van der Waals surface area contributed by atoms with Crippen LogP contribution in [0.4, 0.5) is 16.3 Å². The molecule has 2 amide bonds. The van der Waals surface area contributed by atoms with Crippen LogP contribution < -0.4 is 14.5 Å². The highest BCUT2D eigenvalue weighted by molar-refractivity contribution is 6.13.